The molecule has 1 aromatic carbocycles. The van der Waals surface area contributed by atoms with Crippen LogP contribution in [0.25, 0.3) is 5.57 Å². The van der Waals surface area contributed by atoms with Crippen molar-refractivity contribution >= 4 is 11.4 Å². The molecule has 0 unspecified atom stereocenters. The third kappa shape index (κ3) is 2.71. The summed E-state index contributed by atoms with van der Waals surface area (Å²) in [5, 5.41) is 9.51. The van der Waals surface area contributed by atoms with Gasteiger partial charge in [0.25, 0.3) is 0 Å². The lowest BCUT2D eigenvalue weighted by Gasteiger charge is -2.32. The van der Waals surface area contributed by atoms with Crippen LogP contribution in [-0.4, -0.2) is 24.6 Å². The van der Waals surface area contributed by atoms with Crippen molar-refractivity contribution in [2.45, 2.75) is 26.7 Å². The first-order valence-corrected chi connectivity index (χ1v) is 6.48. The topological polar surface area (TPSA) is 46.5 Å². The molecule has 0 aromatic heterocycles. The molecule has 0 bridgehead atoms. The summed E-state index contributed by atoms with van der Waals surface area (Å²) in [6.45, 7) is 3.95. The first-order valence-electron chi connectivity index (χ1n) is 6.48. The van der Waals surface area contributed by atoms with Gasteiger partial charge >= 0.3 is 0 Å². The Morgan fingerprint density at radius 3 is 2.58 bits per heavy atom. The van der Waals surface area contributed by atoms with Crippen molar-refractivity contribution in [3.63, 3.8) is 0 Å². The van der Waals surface area contributed by atoms with Crippen molar-refractivity contribution in [3.8, 4) is 5.75 Å². The van der Waals surface area contributed by atoms with Gasteiger partial charge < -0.3 is 9.84 Å². The Balaban J connectivity index is 2.58. The van der Waals surface area contributed by atoms with Crippen LogP contribution < -0.4 is 4.74 Å². The molecule has 19 heavy (non-hydrogen) atoms. The molecule has 3 nitrogen and oxygen atoms in total. The van der Waals surface area contributed by atoms with Crippen LogP contribution in [0.5, 0.6) is 5.75 Å². The molecule has 0 amide bonds. The molecule has 0 spiro atoms. The zero-order valence-corrected chi connectivity index (χ0v) is 11.7. The van der Waals surface area contributed by atoms with E-state index in [1.165, 1.54) is 0 Å². The average molecular weight is 260 g/mol. The second kappa shape index (κ2) is 5.17. The number of benzene rings is 1. The minimum atomic E-state index is -0.206. The second-order valence-electron chi connectivity index (χ2n) is 5.76. The number of methoxy groups -OCH3 is 1. The highest BCUT2D eigenvalue weighted by Gasteiger charge is 2.33. The van der Waals surface area contributed by atoms with E-state index < -0.39 is 0 Å². The van der Waals surface area contributed by atoms with E-state index in [9.17, 15) is 9.90 Å². The zero-order valence-electron chi connectivity index (χ0n) is 11.7. The van der Waals surface area contributed by atoms with E-state index in [4.69, 9.17) is 4.74 Å². The molecule has 0 saturated carbocycles. The molecule has 1 aliphatic rings. The Morgan fingerprint density at radius 1 is 1.26 bits per heavy atom. The summed E-state index contributed by atoms with van der Waals surface area (Å²) in [4.78, 5) is 12.2. The van der Waals surface area contributed by atoms with E-state index in [0.717, 1.165) is 23.3 Å². The fourth-order valence-corrected chi connectivity index (χ4v) is 2.69. The van der Waals surface area contributed by atoms with E-state index in [2.05, 4.69) is 13.8 Å². The largest absolute Gasteiger partial charge is 0.496 e. The Morgan fingerprint density at radius 2 is 1.95 bits per heavy atom. The normalized spacial score (nSPS) is 18.6. The quantitative estimate of drug-likeness (QED) is 0.909. The first kappa shape index (κ1) is 13.8. The lowest BCUT2D eigenvalue weighted by Crippen LogP contribution is -2.26. The minimum absolute atomic E-state index is 0.0413. The first-order chi connectivity index (χ1) is 8.98. The van der Waals surface area contributed by atoms with E-state index >= 15 is 0 Å². The number of hydrogen-bond acceptors (Lipinski definition) is 3. The summed E-state index contributed by atoms with van der Waals surface area (Å²) in [5.41, 5.74) is 2.28. The van der Waals surface area contributed by atoms with Gasteiger partial charge in [0.1, 0.15) is 5.75 Å². The second-order valence-corrected chi connectivity index (χ2v) is 5.76. The average Bonchev–Trinajstić information content (AvgIpc) is 2.37. The van der Waals surface area contributed by atoms with Crippen molar-refractivity contribution in [1.82, 2.24) is 0 Å². The highest BCUT2D eigenvalue weighted by Crippen LogP contribution is 2.43. The maximum atomic E-state index is 12.2. The number of allylic oxidation sites excluding steroid dienone is 1. The van der Waals surface area contributed by atoms with Crippen LogP contribution in [0.15, 0.2) is 29.8 Å². The number of ketones is 1. The zero-order chi connectivity index (χ0) is 14.0. The van der Waals surface area contributed by atoms with Gasteiger partial charge in [-0.05, 0) is 23.5 Å². The number of hydrogen-bond donors (Lipinski definition) is 1. The highest BCUT2D eigenvalue weighted by molar-refractivity contribution is 6.05. The fraction of sp³-hybridized carbons (Fsp3) is 0.438. The lowest BCUT2D eigenvalue weighted by atomic mass is 9.72. The van der Waals surface area contributed by atoms with Gasteiger partial charge in [-0.15, -0.1) is 0 Å². The van der Waals surface area contributed by atoms with Crippen LogP contribution in [0, 0.1) is 5.41 Å². The van der Waals surface area contributed by atoms with Gasteiger partial charge in [-0.25, -0.2) is 0 Å². The Bertz CT molecular complexity index is 527. The summed E-state index contributed by atoms with van der Waals surface area (Å²) in [6.07, 6.45) is 1.26. The molecule has 2 rings (SSSR count). The van der Waals surface area contributed by atoms with Gasteiger partial charge in [-0.2, -0.15) is 0 Å². The number of aliphatic hydroxyl groups excluding tert-OH is 1. The number of aliphatic hydroxyl groups is 1. The summed E-state index contributed by atoms with van der Waals surface area (Å²) >= 11 is 0. The van der Waals surface area contributed by atoms with Crippen LogP contribution in [0.4, 0.5) is 0 Å². The molecule has 0 saturated heterocycles. The SMILES string of the molecule is COc1ccccc1C1=C(CO)C(=O)CC(C)(C)C1. The number of carbonyl (C=O) groups is 1. The van der Waals surface area contributed by atoms with Gasteiger partial charge in [0.05, 0.1) is 13.7 Å². The van der Waals surface area contributed by atoms with Gasteiger partial charge in [0, 0.05) is 17.6 Å². The predicted octanol–water partition coefficient (Wildman–Crippen LogP) is 2.83. The molecular weight excluding hydrogens is 240 g/mol. The highest BCUT2D eigenvalue weighted by atomic mass is 16.5. The Hall–Kier alpha value is -1.61. The van der Waals surface area contributed by atoms with E-state index in [1.54, 1.807) is 7.11 Å². The third-order valence-electron chi connectivity index (χ3n) is 3.59. The fourth-order valence-electron chi connectivity index (χ4n) is 2.69. The minimum Gasteiger partial charge on any atom is -0.496 e. The van der Waals surface area contributed by atoms with Gasteiger partial charge in [-0.3, -0.25) is 4.79 Å². The van der Waals surface area contributed by atoms with Gasteiger partial charge in [0.2, 0.25) is 0 Å². The molecule has 102 valence electrons. The smallest absolute Gasteiger partial charge is 0.162 e. The summed E-state index contributed by atoms with van der Waals surface area (Å²) in [6, 6.07) is 7.64. The van der Waals surface area contributed by atoms with E-state index in [0.29, 0.717) is 12.0 Å². The van der Waals surface area contributed by atoms with Crippen LogP contribution >= 0.6 is 0 Å². The predicted molar refractivity (Wildman–Crippen MR) is 75.0 cm³/mol. The van der Waals surface area contributed by atoms with Gasteiger partial charge in [-0.1, -0.05) is 32.0 Å². The summed E-state index contributed by atoms with van der Waals surface area (Å²) in [5.74, 6) is 0.786. The maximum absolute atomic E-state index is 12.2. The lowest BCUT2D eigenvalue weighted by molar-refractivity contribution is -0.118. The molecule has 1 aliphatic carbocycles. The molecule has 0 radical (unpaired) electrons. The molecule has 0 heterocycles. The summed E-state index contributed by atoms with van der Waals surface area (Å²) in [7, 11) is 1.62. The number of rotatable bonds is 3. The number of ether oxygens (including phenoxy) is 1. The molecule has 0 fully saturated rings. The van der Waals surface area contributed by atoms with Crippen LogP contribution in [0.3, 0.4) is 0 Å². The third-order valence-corrected chi connectivity index (χ3v) is 3.59. The molecule has 1 aromatic rings. The molecule has 1 N–H and O–H groups in total. The van der Waals surface area contributed by atoms with Crippen LogP contribution in [0.2, 0.25) is 0 Å². The van der Waals surface area contributed by atoms with E-state index in [-0.39, 0.29) is 17.8 Å². The number of carbonyl (C=O) groups excluding carboxylic acids is 1. The van der Waals surface area contributed by atoms with Crippen molar-refractivity contribution in [2.24, 2.45) is 5.41 Å². The number of Topliss-reactive ketones (excluding diaryl/α,β-unsaturated/α-hetero) is 1. The monoisotopic (exact) mass is 260 g/mol. The molecular formula is C16H20O3. The Labute approximate surface area is 113 Å². The molecule has 0 aliphatic heterocycles. The standard InChI is InChI=1S/C16H20O3/c1-16(2)8-12(13(10-17)14(18)9-16)11-6-4-5-7-15(11)19-3/h4-7,17H,8-10H2,1-3H3. The van der Waals surface area contributed by atoms with Crippen molar-refractivity contribution in [1.29, 1.82) is 0 Å². The van der Waals surface area contributed by atoms with Crippen molar-refractivity contribution < 1.29 is 14.6 Å². The molecule has 0 atom stereocenters. The van der Waals surface area contributed by atoms with Crippen LogP contribution in [0.1, 0.15) is 32.3 Å². The maximum Gasteiger partial charge on any atom is 0.162 e. The Kier molecular flexibility index (Phi) is 3.76. The number of para-hydroxylation sites is 1. The van der Waals surface area contributed by atoms with Crippen LogP contribution in [-0.2, 0) is 4.79 Å². The molecule has 3 heteroatoms. The van der Waals surface area contributed by atoms with E-state index in [1.807, 2.05) is 24.3 Å². The van der Waals surface area contributed by atoms with Crippen molar-refractivity contribution in [2.75, 3.05) is 13.7 Å². The summed E-state index contributed by atoms with van der Waals surface area (Å²) < 4.78 is 5.37. The van der Waals surface area contributed by atoms with Crippen molar-refractivity contribution in [3.05, 3.63) is 35.4 Å². The van der Waals surface area contributed by atoms with Gasteiger partial charge in [0.15, 0.2) is 5.78 Å².